The van der Waals surface area contributed by atoms with E-state index in [1.807, 2.05) is 30.3 Å². The van der Waals surface area contributed by atoms with Gasteiger partial charge in [-0.25, -0.2) is 18.1 Å². The summed E-state index contributed by atoms with van der Waals surface area (Å²) < 4.78 is 26.5. The lowest BCUT2D eigenvalue weighted by Crippen LogP contribution is -2.25. The highest BCUT2D eigenvalue weighted by molar-refractivity contribution is 7.89. The Hall–Kier alpha value is -1.92. The molecule has 0 atom stereocenters. The lowest BCUT2D eigenvalue weighted by atomic mass is 10.1. The first-order chi connectivity index (χ1) is 9.58. The first kappa shape index (κ1) is 14.5. The van der Waals surface area contributed by atoms with Gasteiger partial charge in [0.2, 0.25) is 10.0 Å². The average Bonchev–Trinajstić information content (AvgIpc) is 2.45. The van der Waals surface area contributed by atoms with Crippen molar-refractivity contribution in [3.63, 3.8) is 0 Å². The fraction of sp³-hybridized carbons (Fsp3) is 0.214. The molecule has 0 radical (unpaired) electrons. The van der Waals surface area contributed by atoms with Gasteiger partial charge in [0, 0.05) is 12.7 Å². The summed E-state index contributed by atoms with van der Waals surface area (Å²) in [6.07, 6.45) is 2.84. The maximum Gasteiger partial charge on any atom is 0.242 e. The van der Waals surface area contributed by atoms with Gasteiger partial charge in [-0.1, -0.05) is 30.3 Å². The van der Waals surface area contributed by atoms with Gasteiger partial charge in [0.05, 0.1) is 0 Å². The molecule has 2 aromatic rings. The van der Waals surface area contributed by atoms with Crippen LogP contribution in [0.1, 0.15) is 12.0 Å². The molecule has 0 aliphatic heterocycles. The second-order valence-corrected chi connectivity index (χ2v) is 6.17. The maximum atomic E-state index is 12.0. The van der Waals surface area contributed by atoms with E-state index in [1.54, 1.807) is 0 Å². The van der Waals surface area contributed by atoms with Crippen molar-refractivity contribution < 1.29 is 8.42 Å². The van der Waals surface area contributed by atoms with Crippen LogP contribution in [0.25, 0.3) is 0 Å². The van der Waals surface area contributed by atoms with Gasteiger partial charge in [0.15, 0.2) is 0 Å². The zero-order chi connectivity index (χ0) is 14.4. The number of nitrogens with one attached hydrogen (secondary N) is 1. The van der Waals surface area contributed by atoms with Gasteiger partial charge in [-0.15, -0.1) is 0 Å². The Kier molecular flexibility index (Phi) is 4.70. The SMILES string of the molecule is Nc1ccc(S(=O)(=O)NCCCc2ccccc2)cn1. The van der Waals surface area contributed by atoms with Crippen molar-refractivity contribution in [1.29, 1.82) is 0 Å². The molecule has 0 amide bonds. The van der Waals surface area contributed by atoms with Crippen molar-refractivity contribution in [2.75, 3.05) is 12.3 Å². The maximum absolute atomic E-state index is 12.0. The van der Waals surface area contributed by atoms with Crippen LogP contribution in [-0.4, -0.2) is 19.9 Å². The van der Waals surface area contributed by atoms with Gasteiger partial charge in [0.25, 0.3) is 0 Å². The van der Waals surface area contributed by atoms with Crippen LogP contribution in [0.4, 0.5) is 5.82 Å². The summed E-state index contributed by atoms with van der Waals surface area (Å²) in [6, 6.07) is 12.9. The normalized spacial score (nSPS) is 11.4. The Bertz CT molecular complexity index is 640. The summed E-state index contributed by atoms with van der Waals surface area (Å²) in [5, 5.41) is 0. The number of hydrogen-bond acceptors (Lipinski definition) is 4. The molecule has 1 aromatic heterocycles. The van der Waals surface area contributed by atoms with Crippen LogP contribution >= 0.6 is 0 Å². The molecular weight excluding hydrogens is 274 g/mol. The lowest BCUT2D eigenvalue weighted by Gasteiger charge is -2.06. The molecule has 3 N–H and O–H groups in total. The number of nitrogens with zero attached hydrogens (tertiary/aromatic N) is 1. The summed E-state index contributed by atoms with van der Waals surface area (Å²) >= 11 is 0. The van der Waals surface area contributed by atoms with Crippen LogP contribution < -0.4 is 10.5 Å². The predicted molar refractivity (Wildman–Crippen MR) is 78.6 cm³/mol. The van der Waals surface area contributed by atoms with Crippen molar-refractivity contribution >= 4 is 15.8 Å². The Morgan fingerprint density at radius 2 is 1.85 bits per heavy atom. The average molecular weight is 291 g/mol. The summed E-state index contributed by atoms with van der Waals surface area (Å²) in [5.41, 5.74) is 6.62. The summed E-state index contributed by atoms with van der Waals surface area (Å²) in [5.74, 6) is 0.299. The largest absolute Gasteiger partial charge is 0.384 e. The fourth-order valence-corrected chi connectivity index (χ4v) is 2.80. The highest BCUT2D eigenvalue weighted by atomic mass is 32.2. The van der Waals surface area contributed by atoms with Crippen LogP contribution in [-0.2, 0) is 16.4 Å². The molecule has 0 saturated heterocycles. The smallest absolute Gasteiger partial charge is 0.242 e. The zero-order valence-electron chi connectivity index (χ0n) is 11.0. The molecule has 20 heavy (non-hydrogen) atoms. The molecule has 0 fully saturated rings. The second kappa shape index (κ2) is 6.49. The molecule has 0 aliphatic carbocycles. The second-order valence-electron chi connectivity index (χ2n) is 4.41. The zero-order valence-corrected chi connectivity index (χ0v) is 11.8. The molecule has 0 bridgehead atoms. The minimum Gasteiger partial charge on any atom is -0.384 e. The lowest BCUT2D eigenvalue weighted by molar-refractivity contribution is 0.578. The van der Waals surface area contributed by atoms with Crippen LogP contribution in [0.15, 0.2) is 53.6 Å². The third-order valence-corrected chi connectivity index (χ3v) is 4.29. The van der Waals surface area contributed by atoms with Gasteiger partial charge >= 0.3 is 0 Å². The molecule has 1 aromatic carbocycles. The number of sulfonamides is 1. The fourth-order valence-electron chi connectivity index (χ4n) is 1.78. The van der Waals surface area contributed by atoms with E-state index in [1.165, 1.54) is 23.9 Å². The van der Waals surface area contributed by atoms with Crippen LogP contribution in [0.2, 0.25) is 0 Å². The monoisotopic (exact) mass is 291 g/mol. The standard InChI is InChI=1S/C14H17N3O2S/c15-14-9-8-13(11-16-14)20(18,19)17-10-4-7-12-5-2-1-3-6-12/h1-3,5-6,8-9,11,17H,4,7,10H2,(H2,15,16). The highest BCUT2D eigenvalue weighted by Gasteiger charge is 2.13. The Morgan fingerprint density at radius 3 is 2.50 bits per heavy atom. The summed E-state index contributed by atoms with van der Waals surface area (Å²) in [6.45, 7) is 0.390. The molecular formula is C14H17N3O2S. The van der Waals surface area contributed by atoms with Gasteiger partial charge in [-0.2, -0.15) is 0 Å². The van der Waals surface area contributed by atoms with Crippen LogP contribution in [0.5, 0.6) is 0 Å². The van der Waals surface area contributed by atoms with Crippen molar-refractivity contribution in [2.24, 2.45) is 0 Å². The van der Waals surface area contributed by atoms with E-state index in [0.29, 0.717) is 12.4 Å². The van der Waals surface area contributed by atoms with Crippen LogP contribution in [0.3, 0.4) is 0 Å². The minimum absolute atomic E-state index is 0.131. The van der Waals surface area contributed by atoms with Gasteiger partial charge in [-0.05, 0) is 30.5 Å². The van der Waals surface area contributed by atoms with Crippen molar-refractivity contribution in [2.45, 2.75) is 17.7 Å². The Morgan fingerprint density at radius 1 is 1.10 bits per heavy atom. The topological polar surface area (TPSA) is 85.1 Å². The highest BCUT2D eigenvalue weighted by Crippen LogP contribution is 2.08. The third-order valence-electron chi connectivity index (χ3n) is 2.85. The number of anilines is 1. The number of nitrogens with two attached hydrogens (primary N) is 1. The van der Waals surface area contributed by atoms with E-state index >= 15 is 0 Å². The molecule has 106 valence electrons. The van der Waals surface area contributed by atoms with Crippen LogP contribution in [0, 0.1) is 0 Å². The van der Waals surface area contributed by atoms with E-state index in [2.05, 4.69) is 9.71 Å². The number of benzene rings is 1. The number of aryl methyl sites for hydroxylation is 1. The number of aromatic nitrogens is 1. The number of rotatable bonds is 6. The number of nitrogen functional groups attached to an aromatic ring is 1. The molecule has 5 nitrogen and oxygen atoms in total. The summed E-state index contributed by atoms with van der Waals surface area (Å²) in [7, 11) is -3.50. The molecule has 6 heteroatoms. The first-order valence-corrected chi connectivity index (χ1v) is 7.81. The quantitative estimate of drug-likeness (QED) is 0.791. The third kappa shape index (κ3) is 4.04. The molecule has 0 unspecified atom stereocenters. The Balaban J connectivity index is 1.85. The molecule has 0 saturated carbocycles. The first-order valence-electron chi connectivity index (χ1n) is 6.33. The Labute approximate surface area is 118 Å². The van der Waals surface area contributed by atoms with E-state index < -0.39 is 10.0 Å². The van der Waals surface area contributed by atoms with Gasteiger partial charge in [0.1, 0.15) is 10.7 Å². The molecule has 0 aliphatic rings. The van der Waals surface area contributed by atoms with E-state index in [-0.39, 0.29) is 4.90 Å². The van der Waals surface area contributed by atoms with Gasteiger partial charge < -0.3 is 5.73 Å². The van der Waals surface area contributed by atoms with Crippen molar-refractivity contribution in [3.05, 3.63) is 54.2 Å². The summed E-state index contributed by atoms with van der Waals surface area (Å²) in [4.78, 5) is 3.91. The van der Waals surface area contributed by atoms with E-state index in [4.69, 9.17) is 5.73 Å². The van der Waals surface area contributed by atoms with E-state index in [9.17, 15) is 8.42 Å². The molecule has 1 heterocycles. The number of pyridine rings is 1. The predicted octanol–water partition coefficient (Wildman–Crippen LogP) is 1.57. The van der Waals surface area contributed by atoms with E-state index in [0.717, 1.165) is 12.8 Å². The van der Waals surface area contributed by atoms with Crippen molar-refractivity contribution in [3.8, 4) is 0 Å². The minimum atomic E-state index is -3.50. The van der Waals surface area contributed by atoms with Crippen molar-refractivity contribution in [1.82, 2.24) is 9.71 Å². The molecule has 0 spiro atoms. The van der Waals surface area contributed by atoms with Gasteiger partial charge in [-0.3, -0.25) is 0 Å². The molecule has 2 rings (SSSR count). The number of hydrogen-bond donors (Lipinski definition) is 2.